The topological polar surface area (TPSA) is 35.5 Å². The van der Waals surface area contributed by atoms with Crippen LogP contribution in [0.3, 0.4) is 0 Å². The summed E-state index contributed by atoms with van der Waals surface area (Å²) in [4.78, 5) is 14.6. The number of halogens is 1. The monoisotopic (exact) mass is 402 g/mol. The van der Waals surface area contributed by atoms with Gasteiger partial charge in [-0.3, -0.25) is 4.79 Å². The first-order valence-electron chi connectivity index (χ1n) is 8.08. The number of rotatable bonds is 6. The molecule has 2 heterocycles. The van der Waals surface area contributed by atoms with E-state index in [1.807, 2.05) is 60.0 Å². The molecule has 3 nitrogen and oxygen atoms in total. The van der Waals surface area contributed by atoms with E-state index in [0.717, 1.165) is 15.3 Å². The molecule has 2 aromatic carbocycles. The number of fused-ring (bicyclic) bond motifs is 1. The second-order valence-electron chi connectivity index (χ2n) is 5.76. The van der Waals surface area contributed by atoms with E-state index in [2.05, 4.69) is 0 Å². The lowest BCUT2D eigenvalue weighted by Crippen LogP contribution is -2.04. The fourth-order valence-corrected chi connectivity index (χ4v) is 4.87. The van der Waals surface area contributed by atoms with Crippen LogP contribution in [-0.4, -0.2) is 12.6 Å². The molecule has 4 rings (SSSR count). The summed E-state index contributed by atoms with van der Waals surface area (Å²) in [7, 11) is 0. The largest absolute Gasteiger partial charge is 0.454 e. The Balaban J connectivity index is 1.66. The molecule has 0 amide bonds. The SMILES string of the molecule is O=C(C[C@H](Sc1ccccc1)c1cc(Cl)c2c(c1)OCO2)c1cccs1. The van der Waals surface area contributed by atoms with Crippen molar-refractivity contribution >= 4 is 40.5 Å². The van der Waals surface area contributed by atoms with Crippen molar-refractivity contribution in [2.75, 3.05) is 6.79 Å². The molecule has 132 valence electrons. The number of carbonyl (C=O) groups excluding carboxylic acids is 1. The molecule has 1 aliphatic heterocycles. The lowest BCUT2D eigenvalue weighted by molar-refractivity contribution is 0.0986. The Labute approximate surface area is 164 Å². The molecule has 0 fully saturated rings. The number of hydrogen-bond donors (Lipinski definition) is 0. The van der Waals surface area contributed by atoms with Gasteiger partial charge in [0.2, 0.25) is 6.79 Å². The maximum atomic E-state index is 12.7. The van der Waals surface area contributed by atoms with Crippen LogP contribution in [0, 0.1) is 0 Å². The van der Waals surface area contributed by atoms with Crippen molar-refractivity contribution in [3.8, 4) is 11.5 Å². The fraction of sp³-hybridized carbons (Fsp3) is 0.150. The highest BCUT2D eigenvalue weighted by Crippen LogP contribution is 2.46. The van der Waals surface area contributed by atoms with E-state index >= 15 is 0 Å². The molecule has 0 saturated heterocycles. The van der Waals surface area contributed by atoms with Gasteiger partial charge in [-0.15, -0.1) is 23.1 Å². The highest BCUT2D eigenvalue weighted by Gasteiger charge is 2.24. The van der Waals surface area contributed by atoms with Gasteiger partial charge in [-0.25, -0.2) is 0 Å². The average molecular weight is 403 g/mol. The molecule has 0 spiro atoms. The molecule has 0 bridgehead atoms. The van der Waals surface area contributed by atoms with Crippen molar-refractivity contribution in [3.63, 3.8) is 0 Å². The summed E-state index contributed by atoms with van der Waals surface area (Å²) >= 11 is 9.48. The number of ketones is 1. The Hall–Kier alpha value is -1.95. The summed E-state index contributed by atoms with van der Waals surface area (Å²) in [5.41, 5.74) is 0.956. The molecule has 0 unspecified atom stereocenters. The van der Waals surface area contributed by atoms with Crippen LogP contribution in [0.2, 0.25) is 5.02 Å². The Morgan fingerprint density at radius 2 is 2.00 bits per heavy atom. The van der Waals surface area contributed by atoms with Crippen molar-refractivity contribution in [2.24, 2.45) is 0 Å². The first-order chi connectivity index (χ1) is 12.7. The quantitative estimate of drug-likeness (QED) is 0.361. The highest BCUT2D eigenvalue weighted by atomic mass is 35.5. The average Bonchev–Trinajstić information content (AvgIpc) is 3.34. The number of benzene rings is 2. The van der Waals surface area contributed by atoms with Crippen LogP contribution in [0.4, 0.5) is 0 Å². The van der Waals surface area contributed by atoms with Gasteiger partial charge in [-0.1, -0.05) is 35.9 Å². The van der Waals surface area contributed by atoms with Crippen LogP contribution in [0.25, 0.3) is 0 Å². The Kier molecular flexibility index (Phi) is 5.20. The molecule has 0 N–H and O–H groups in total. The summed E-state index contributed by atoms with van der Waals surface area (Å²) in [5, 5.41) is 2.36. The van der Waals surface area contributed by atoms with Gasteiger partial charge in [0.25, 0.3) is 0 Å². The summed E-state index contributed by atoms with van der Waals surface area (Å²) in [6, 6.07) is 17.6. The maximum absolute atomic E-state index is 12.7. The molecule has 1 atom stereocenters. The zero-order valence-electron chi connectivity index (χ0n) is 13.7. The minimum Gasteiger partial charge on any atom is -0.454 e. The smallest absolute Gasteiger partial charge is 0.231 e. The lowest BCUT2D eigenvalue weighted by atomic mass is 10.1. The summed E-state index contributed by atoms with van der Waals surface area (Å²) in [6.07, 6.45) is 0.385. The molecule has 0 radical (unpaired) electrons. The van der Waals surface area contributed by atoms with Gasteiger partial charge >= 0.3 is 0 Å². The summed E-state index contributed by atoms with van der Waals surface area (Å²) < 4.78 is 10.9. The van der Waals surface area contributed by atoms with Gasteiger partial charge in [0.15, 0.2) is 17.3 Å². The number of thioether (sulfide) groups is 1. The van der Waals surface area contributed by atoms with Gasteiger partial charge < -0.3 is 9.47 Å². The zero-order chi connectivity index (χ0) is 17.9. The van der Waals surface area contributed by atoms with Crippen LogP contribution >= 0.6 is 34.7 Å². The molecule has 0 saturated carbocycles. The van der Waals surface area contributed by atoms with E-state index in [0.29, 0.717) is 22.9 Å². The predicted molar refractivity (Wildman–Crippen MR) is 106 cm³/mol. The lowest BCUT2D eigenvalue weighted by Gasteiger charge is -2.17. The van der Waals surface area contributed by atoms with E-state index in [1.54, 1.807) is 11.8 Å². The van der Waals surface area contributed by atoms with Gasteiger partial charge in [-0.05, 0) is 41.3 Å². The minimum atomic E-state index is -0.0704. The second kappa shape index (κ2) is 7.74. The summed E-state index contributed by atoms with van der Waals surface area (Å²) in [5.74, 6) is 1.33. The van der Waals surface area contributed by atoms with E-state index < -0.39 is 0 Å². The van der Waals surface area contributed by atoms with Crippen LogP contribution in [0.15, 0.2) is 64.9 Å². The van der Waals surface area contributed by atoms with E-state index in [-0.39, 0.29) is 17.8 Å². The van der Waals surface area contributed by atoms with Crippen LogP contribution in [0.1, 0.15) is 26.9 Å². The van der Waals surface area contributed by atoms with Gasteiger partial charge in [0, 0.05) is 16.6 Å². The zero-order valence-corrected chi connectivity index (χ0v) is 16.1. The van der Waals surface area contributed by atoms with Crippen molar-refractivity contribution in [1.29, 1.82) is 0 Å². The molecular weight excluding hydrogens is 388 g/mol. The first-order valence-corrected chi connectivity index (χ1v) is 10.2. The second-order valence-corrected chi connectivity index (χ2v) is 8.39. The maximum Gasteiger partial charge on any atom is 0.231 e. The molecule has 1 aliphatic rings. The Morgan fingerprint density at radius 3 is 2.77 bits per heavy atom. The number of carbonyl (C=O) groups is 1. The number of hydrogen-bond acceptors (Lipinski definition) is 5. The van der Waals surface area contributed by atoms with Crippen molar-refractivity contribution in [2.45, 2.75) is 16.6 Å². The van der Waals surface area contributed by atoms with Crippen LogP contribution in [-0.2, 0) is 0 Å². The van der Waals surface area contributed by atoms with Crippen molar-refractivity contribution in [3.05, 3.63) is 75.4 Å². The van der Waals surface area contributed by atoms with Crippen LogP contribution in [0.5, 0.6) is 11.5 Å². The normalized spacial score (nSPS) is 13.6. The van der Waals surface area contributed by atoms with Crippen molar-refractivity contribution < 1.29 is 14.3 Å². The molecular formula is C20H15ClO3S2. The highest BCUT2D eigenvalue weighted by molar-refractivity contribution is 7.99. The van der Waals surface area contributed by atoms with E-state index in [1.165, 1.54) is 11.3 Å². The third kappa shape index (κ3) is 3.75. The van der Waals surface area contributed by atoms with Gasteiger partial charge in [0.1, 0.15) is 0 Å². The van der Waals surface area contributed by atoms with E-state index in [9.17, 15) is 4.79 Å². The van der Waals surface area contributed by atoms with Crippen molar-refractivity contribution in [1.82, 2.24) is 0 Å². The van der Waals surface area contributed by atoms with Crippen LogP contribution < -0.4 is 9.47 Å². The van der Waals surface area contributed by atoms with Gasteiger partial charge in [0.05, 0.1) is 9.90 Å². The number of thiophene rings is 1. The Bertz CT molecular complexity index is 910. The van der Waals surface area contributed by atoms with E-state index in [4.69, 9.17) is 21.1 Å². The first kappa shape index (κ1) is 17.5. The summed E-state index contributed by atoms with van der Waals surface area (Å²) in [6.45, 7) is 0.170. The fourth-order valence-electron chi connectivity index (χ4n) is 2.77. The number of Topliss-reactive ketones (excluding diaryl/α,β-unsaturated/α-hetero) is 1. The Morgan fingerprint density at radius 1 is 1.15 bits per heavy atom. The molecule has 6 heteroatoms. The third-order valence-electron chi connectivity index (χ3n) is 4.01. The molecule has 3 aromatic rings. The third-order valence-corrected chi connectivity index (χ3v) is 6.47. The molecule has 1 aromatic heterocycles. The standard InChI is InChI=1S/C20H15ClO3S2/c21-15-9-13(10-17-20(15)24-12-23-17)19(26-14-5-2-1-3-6-14)11-16(22)18-7-4-8-25-18/h1-10,19H,11-12H2/t19-/m0/s1. The van der Waals surface area contributed by atoms with Gasteiger partial charge in [-0.2, -0.15) is 0 Å². The minimum absolute atomic E-state index is 0.0704. The number of ether oxygens (including phenoxy) is 2. The molecule has 0 aliphatic carbocycles. The predicted octanol–water partition coefficient (Wildman–Crippen LogP) is 6.24. The molecule has 26 heavy (non-hydrogen) atoms.